The third kappa shape index (κ3) is 16.3. The Hall–Kier alpha value is 0.110. The smallest absolute Gasteiger partial charge is 0.267 e. The summed E-state index contributed by atoms with van der Waals surface area (Å²) in [4.78, 5) is 11.3. The van der Waals surface area contributed by atoms with Gasteiger partial charge in [0.2, 0.25) is 0 Å². The van der Waals surface area contributed by atoms with Crippen molar-refractivity contribution < 1.29 is 18.5 Å². The molecule has 0 aromatic rings. The fourth-order valence-electron chi connectivity index (χ4n) is 2.12. The number of hydrogen-bond acceptors (Lipinski definition) is 4. The van der Waals surface area contributed by atoms with Gasteiger partial charge in [0.1, 0.15) is 0 Å². The minimum Gasteiger partial charge on any atom is -0.756 e. The van der Waals surface area contributed by atoms with E-state index in [9.17, 15) is 9.46 Å². The van der Waals surface area contributed by atoms with E-state index in [0.29, 0.717) is 0 Å². The first-order valence-electron chi connectivity index (χ1n) is 8.72. The lowest BCUT2D eigenvalue weighted by molar-refractivity contribution is -0.225. The van der Waals surface area contributed by atoms with Crippen LogP contribution in [-0.2, 0) is 13.6 Å². The highest BCUT2D eigenvalue weighted by atomic mass is 31.2. The normalized spacial score (nSPS) is 14.2. The number of phosphoric acid groups is 1. The SMILES string of the molecule is CCCCCCCCCCCCOP(=O)([O-])OCCCC. The first kappa shape index (κ1) is 21.1. The van der Waals surface area contributed by atoms with Crippen molar-refractivity contribution in [1.29, 1.82) is 0 Å². The Labute approximate surface area is 131 Å². The maximum Gasteiger partial charge on any atom is 0.267 e. The first-order valence-corrected chi connectivity index (χ1v) is 10.2. The summed E-state index contributed by atoms with van der Waals surface area (Å²) in [5, 5.41) is 0. The summed E-state index contributed by atoms with van der Waals surface area (Å²) in [6, 6.07) is 0. The van der Waals surface area contributed by atoms with Crippen LogP contribution in [-0.4, -0.2) is 13.2 Å². The minimum atomic E-state index is -4.05. The van der Waals surface area contributed by atoms with Crippen LogP contribution >= 0.6 is 7.82 Å². The fourth-order valence-corrected chi connectivity index (χ4v) is 2.90. The van der Waals surface area contributed by atoms with Crippen molar-refractivity contribution in [2.24, 2.45) is 0 Å². The maximum absolute atomic E-state index is 11.3. The van der Waals surface area contributed by atoms with Crippen molar-refractivity contribution in [1.82, 2.24) is 0 Å². The molecule has 0 aliphatic carbocycles. The monoisotopic (exact) mass is 321 g/mol. The van der Waals surface area contributed by atoms with E-state index in [2.05, 4.69) is 6.92 Å². The van der Waals surface area contributed by atoms with Crippen molar-refractivity contribution >= 4 is 7.82 Å². The van der Waals surface area contributed by atoms with Gasteiger partial charge in [0.05, 0.1) is 13.2 Å². The van der Waals surface area contributed by atoms with Crippen LogP contribution in [0.4, 0.5) is 0 Å². The largest absolute Gasteiger partial charge is 0.756 e. The van der Waals surface area contributed by atoms with Gasteiger partial charge in [-0.05, 0) is 12.8 Å². The van der Waals surface area contributed by atoms with E-state index < -0.39 is 7.82 Å². The van der Waals surface area contributed by atoms with E-state index in [1.54, 1.807) is 0 Å². The molecule has 0 aliphatic rings. The van der Waals surface area contributed by atoms with Gasteiger partial charge < -0.3 is 13.9 Å². The van der Waals surface area contributed by atoms with Crippen molar-refractivity contribution in [3.8, 4) is 0 Å². The summed E-state index contributed by atoms with van der Waals surface area (Å²) < 4.78 is 20.9. The van der Waals surface area contributed by atoms with Crippen LogP contribution in [0.2, 0.25) is 0 Å². The summed E-state index contributed by atoms with van der Waals surface area (Å²) >= 11 is 0. The van der Waals surface area contributed by atoms with E-state index in [1.807, 2.05) is 6.92 Å². The molecule has 0 spiro atoms. The zero-order valence-electron chi connectivity index (χ0n) is 14.0. The lowest BCUT2D eigenvalue weighted by atomic mass is 10.1. The Bertz CT molecular complexity index is 259. The predicted octanol–water partition coefficient (Wildman–Crippen LogP) is 5.21. The van der Waals surface area contributed by atoms with Gasteiger partial charge in [0.25, 0.3) is 7.82 Å². The predicted molar refractivity (Wildman–Crippen MR) is 86.3 cm³/mol. The van der Waals surface area contributed by atoms with Crippen LogP contribution in [0.25, 0.3) is 0 Å². The Balaban J connectivity index is 3.26. The molecule has 5 heteroatoms. The topological polar surface area (TPSA) is 58.6 Å². The van der Waals surface area contributed by atoms with Crippen LogP contribution in [0, 0.1) is 0 Å². The lowest BCUT2D eigenvalue weighted by Crippen LogP contribution is -2.09. The van der Waals surface area contributed by atoms with E-state index in [0.717, 1.165) is 32.1 Å². The second-order valence-electron chi connectivity index (χ2n) is 5.65. The van der Waals surface area contributed by atoms with E-state index in [1.165, 1.54) is 44.9 Å². The van der Waals surface area contributed by atoms with Gasteiger partial charge in [0.15, 0.2) is 0 Å². The number of unbranched alkanes of at least 4 members (excludes halogenated alkanes) is 10. The summed E-state index contributed by atoms with van der Waals surface area (Å²) in [5.41, 5.74) is 0. The van der Waals surface area contributed by atoms with Crippen molar-refractivity contribution in [3.05, 3.63) is 0 Å². The molecule has 0 saturated carbocycles. The highest BCUT2D eigenvalue weighted by molar-refractivity contribution is 7.45. The van der Waals surface area contributed by atoms with Gasteiger partial charge in [-0.1, -0.05) is 78.1 Å². The third-order valence-corrected chi connectivity index (χ3v) is 4.49. The van der Waals surface area contributed by atoms with Crippen molar-refractivity contribution in [2.75, 3.05) is 13.2 Å². The summed E-state index contributed by atoms with van der Waals surface area (Å²) in [6.45, 7) is 4.71. The number of hydrogen-bond donors (Lipinski definition) is 0. The lowest BCUT2D eigenvalue weighted by Gasteiger charge is -2.22. The Morgan fingerprint density at radius 1 is 0.667 bits per heavy atom. The summed E-state index contributed by atoms with van der Waals surface area (Å²) in [6.07, 6.45) is 13.9. The molecule has 0 heterocycles. The van der Waals surface area contributed by atoms with Gasteiger partial charge in [-0.25, -0.2) is 0 Å². The highest BCUT2D eigenvalue weighted by Gasteiger charge is 2.07. The fraction of sp³-hybridized carbons (Fsp3) is 1.00. The Kier molecular flexibility index (Phi) is 15.1. The quantitative estimate of drug-likeness (QED) is 0.289. The molecule has 0 aromatic heterocycles. The van der Waals surface area contributed by atoms with E-state index >= 15 is 0 Å². The molecule has 0 aliphatic heterocycles. The van der Waals surface area contributed by atoms with Gasteiger partial charge in [-0.3, -0.25) is 4.57 Å². The molecule has 1 unspecified atom stereocenters. The first-order chi connectivity index (χ1) is 10.1. The van der Waals surface area contributed by atoms with Gasteiger partial charge in [0, 0.05) is 0 Å². The van der Waals surface area contributed by atoms with Gasteiger partial charge >= 0.3 is 0 Å². The second kappa shape index (κ2) is 15.0. The van der Waals surface area contributed by atoms with Gasteiger partial charge in [-0.2, -0.15) is 0 Å². The van der Waals surface area contributed by atoms with Crippen molar-refractivity contribution in [3.63, 3.8) is 0 Å². The van der Waals surface area contributed by atoms with Crippen LogP contribution in [0.15, 0.2) is 0 Å². The van der Waals surface area contributed by atoms with Gasteiger partial charge in [-0.15, -0.1) is 0 Å². The molecule has 0 radical (unpaired) electrons. The standard InChI is InChI=1S/C16H35O4P/c1-3-5-7-8-9-10-11-12-13-14-16-20-21(17,18)19-15-6-4-2/h3-16H2,1-2H3,(H,17,18)/p-1. The summed E-state index contributed by atoms with van der Waals surface area (Å²) in [7, 11) is -4.05. The van der Waals surface area contributed by atoms with E-state index in [-0.39, 0.29) is 13.2 Å². The molecular weight excluding hydrogens is 287 g/mol. The average Bonchev–Trinajstić information content (AvgIpc) is 2.45. The Morgan fingerprint density at radius 3 is 1.52 bits per heavy atom. The summed E-state index contributed by atoms with van der Waals surface area (Å²) in [5.74, 6) is 0. The minimum absolute atomic E-state index is 0.231. The third-order valence-electron chi connectivity index (χ3n) is 3.49. The van der Waals surface area contributed by atoms with Crippen LogP contribution in [0.1, 0.15) is 90.9 Å². The highest BCUT2D eigenvalue weighted by Crippen LogP contribution is 2.38. The molecule has 0 amide bonds. The second-order valence-corrected chi connectivity index (χ2v) is 7.06. The molecule has 4 nitrogen and oxygen atoms in total. The zero-order valence-corrected chi connectivity index (χ0v) is 14.9. The molecule has 0 aromatic carbocycles. The van der Waals surface area contributed by atoms with Crippen LogP contribution < -0.4 is 4.89 Å². The molecule has 0 rings (SSSR count). The molecule has 128 valence electrons. The molecule has 21 heavy (non-hydrogen) atoms. The van der Waals surface area contributed by atoms with E-state index in [4.69, 9.17) is 9.05 Å². The van der Waals surface area contributed by atoms with Crippen molar-refractivity contribution in [2.45, 2.75) is 90.9 Å². The molecule has 0 bridgehead atoms. The Morgan fingerprint density at radius 2 is 1.05 bits per heavy atom. The van der Waals surface area contributed by atoms with Crippen LogP contribution in [0.5, 0.6) is 0 Å². The molecule has 0 N–H and O–H groups in total. The molecule has 1 atom stereocenters. The molecule has 0 saturated heterocycles. The number of phosphoric ester groups is 1. The van der Waals surface area contributed by atoms with Crippen LogP contribution in [0.3, 0.4) is 0 Å². The zero-order chi connectivity index (χ0) is 15.8. The molecular formula is C16H34O4P-. The molecule has 0 fully saturated rings. The maximum atomic E-state index is 11.3. The average molecular weight is 321 g/mol. The number of rotatable bonds is 16.